The molecule has 0 saturated carbocycles. The summed E-state index contributed by atoms with van der Waals surface area (Å²) >= 11 is 13.8. The van der Waals surface area contributed by atoms with Crippen molar-refractivity contribution in [3.05, 3.63) is 42.4 Å². The number of phenols is 1. The van der Waals surface area contributed by atoms with E-state index in [1.807, 2.05) is 0 Å². The monoisotopic (exact) mass is 409 g/mol. The Labute approximate surface area is 129 Å². The van der Waals surface area contributed by atoms with E-state index in [0.29, 0.717) is 11.3 Å². The quantitative estimate of drug-likeness (QED) is 0.692. The first kappa shape index (κ1) is 13.9. The summed E-state index contributed by atoms with van der Waals surface area (Å²) in [5, 5.41) is 12.2. The average Bonchev–Trinajstić information content (AvgIpc) is 2.63. The number of anilines is 1. The van der Waals surface area contributed by atoms with Crippen LogP contribution >= 0.6 is 54.8 Å². The highest BCUT2D eigenvalue weighted by atomic mass is 79.9. The number of halogens is 3. The van der Waals surface area contributed by atoms with Crippen LogP contribution in [-0.4, -0.2) is 11.0 Å². The zero-order valence-corrected chi connectivity index (χ0v) is 13.5. The van der Waals surface area contributed by atoms with Crippen LogP contribution in [0.2, 0.25) is 5.02 Å². The Morgan fingerprint density at radius 3 is 2.61 bits per heavy atom. The number of aromatic hydroxyl groups is 1. The first-order valence-corrected chi connectivity index (χ1v) is 7.50. The van der Waals surface area contributed by atoms with Crippen LogP contribution in [0.15, 0.2) is 31.8 Å². The van der Waals surface area contributed by atoms with Gasteiger partial charge in [-0.25, -0.2) is 0 Å². The lowest BCUT2D eigenvalue weighted by atomic mass is 10.2. The Hall–Kier alpha value is -0.560. The molecular formula is C11H6Br2ClNO2S. The van der Waals surface area contributed by atoms with Gasteiger partial charge in [-0.05, 0) is 56.1 Å². The number of thiophene rings is 1. The Morgan fingerprint density at radius 2 is 2.06 bits per heavy atom. The summed E-state index contributed by atoms with van der Waals surface area (Å²) in [6.45, 7) is 0. The third-order valence-electron chi connectivity index (χ3n) is 2.11. The lowest BCUT2D eigenvalue weighted by molar-refractivity contribution is 0.102. The Balaban J connectivity index is 2.21. The maximum atomic E-state index is 12.0. The molecule has 2 rings (SSSR count). The number of hydrogen-bond donors (Lipinski definition) is 2. The van der Waals surface area contributed by atoms with E-state index in [2.05, 4.69) is 37.2 Å². The van der Waals surface area contributed by atoms with Gasteiger partial charge in [-0.2, -0.15) is 0 Å². The summed E-state index contributed by atoms with van der Waals surface area (Å²) in [6, 6.07) is 6.22. The minimum absolute atomic E-state index is 0.0193. The summed E-state index contributed by atoms with van der Waals surface area (Å²) in [4.78, 5) is 12.0. The number of hydrogen-bond acceptors (Lipinski definition) is 3. The van der Waals surface area contributed by atoms with Crippen molar-refractivity contribution in [2.45, 2.75) is 0 Å². The topological polar surface area (TPSA) is 49.3 Å². The van der Waals surface area contributed by atoms with Crippen LogP contribution in [0.5, 0.6) is 5.75 Å². The van der Waals surface area contributed by atoms with Gasteiger partial charge in [0.15, 0.2) is 0 Å². The second kappa shape index (κ2) is 5.61. The maximum absolute atomic E-state index is 12.0. The highest BCUT2D eigenvalue weighted by Gasteiger charge is 2.14. The van der Waals surface area contributed by atoms with E-state index in [-0.39, 0.29) is 16.7 Å². The first-order valence-electron chi connectivity index (χ1n) is 4.72. The molecule has 1 aromatic carbocycles. The van der Waals surface area contributed by atoms with E-state index in [1.54, 1.807) is 12.1 Å². The zero-order valence-electron chi connectivity index (χ0n) is 8.71. The van der Waals surface area contributed by atoms with Crippen LogP contribution in [0.1, 0.15) is 10.4 Å². The van der Waals surface area contributed by atoms with Crippen LogP contribution < -0.4 is 5.32 Å². The van der Waals surface area contributed by atoms with Gasteiger partial charge in [0.05, 0.1) is 18.2 Å². The molecule has 1 amide bonds. The number of amides is 1. The Morgan fingerprint density at radius 1 is 1.33 bits per heavy atom. The van der Waals surface area contributed by atoms with Crippen molar-refractivity contribution in [2.24, 2.45) is 0 Å². The lowest BCUT2D eigenvalue weighted by Gasteiger charge is -2.05. The van der Waals surface area contributed by atoms with Gasteiger partial charge in [-0.3, -0.25) is 4.79 Å². The fourth-order valence-electron chi connectivity index (χ4n) is 1.28. The average molecular weight is 412 g/mol. The molecule has 2 aromatic rings. The molecule has 0 aliphatic heterocycles. The summed E-state index contributed by atoms with van der Waals surface area (Å²) in [7, 11) is 0. The van der Waals surface area contributed by atoms with Gasteiger partial charge < -0.3 is 10.4 Å². The number of phenolic OH excluding ortho intramolecular Hbond substituents is 1. The molecule has 7 heteroatoms. The summed E-state index contributed by atoms with van der Waals surface area (Å²) in [5.41, 5.74) is 1.06. The SMILES string of the molecule is O=C(Nc1ccc(O)c(Cl)c1)c1cc(Br)sc1Br. The molecule has 0 aliphatic carbocycles. The van der Waals surface area contributed by atoms with Crippen molar-refractivity contribution in [1.82, 2.24) is 0 Å². The Bertz CT molecular complexity index is 615. The molecule has 94 valence electrons. The number of benzene rings is 1. The summed E-state index contributed by atoms with van der Waals surface area (Å²) in [5.74, 6) is -0.264. The second-order valence-corrected chi connectivity index (χ2v) is 7.51. The summed E-state index contributed by atoms with van der Waals surface area (Å²) in [6.07, 6.45) is 0. The molecule has 2 N–H and O–H groups in total. The van der Waals surface area contributed by atoms with Gasteiger partial charge in [-0.1, -0.05) is 11.6 Å². The number of rotatable bonds is 2. The van der Waals surface area contributed by atoms with Gasteiger partial charge in [0.2, 0.25) is 0 Å². The minimum atomic E-state index is -0.245. The van der Waals surface area contributed by atoms with Crippen LogP contribution in [0.25, 0.3) is 0 Å². The van der Waals surface area contributed by atoms with Gasteiger partial charge in [0.25, 0.3) is 5.91 Å². The predicted octanol–water partition coefficient (Wildman–Crippen LogP) is 4.88. The van der Waals surface area contributed by atoms with Crippen LogP contribution in [0, 0.1) is 0 Å². The van der Waals surface area contributed by atoms with Crippen molar-refractivity contribution in [2.75, 3.05) is 5.32 Å². The fraction of sp³-hybridized carbons (Fsp3) is 0. The molecule has 0 saturated heterocycles. The minimum Gasteiger partial charge on any atom is -0.506 e. The number of carbonyl (C=O) groups excluding carboxylic acids is 1. The van der Waals surface area contributed by atoms with E-state index < -0.39 is 0 Å². The van der Waals surface area contributed by atoms with E-state index in [9.17, 15) is 9.90 Å². The highest BCUT2D eigenvalue weighted by molar-refractivity contribution is 9.12. The number of nitrogens with one attached hydrogen (secondary N) is 1. The predicted molar refractivity (Wildman–Crippen MR) is 80.8 cm³/mol. The number of carbonyl (C=O) groups is 1. The molecule has 18 heavy (non-hydrogen) atoms. The van der Waals surface area contributed by atoms with Gasteiger partial charge in [-0.15, -0.1) is 11.3 Å². The third kappa shape index (κ3) is 3.06. The summed E-state index contributed by atoms with van der Waals surface area (Å²) < 4.78 is 1.61. The van der Waals surface area contributed by atoms with E-state index in [4.69, 9.17) is 11.6 Å². The van der Waals surface area contributed by atoms with Crippen LogP contribution in [0.4, 0.5) is 5.69 Å². The highest BCUT2D eigenvalue weighted by Crippen LogP contribution is 2.33. The van der Waals surface area contributed by atoms with Crippen LogP contribution in [-0.2, 0) is 0 Å². The standard InChI is InChI=1S/C11H6Br2ClNO2S/c12-9-4-6(10(13)18-9)11(17)15-5-1-2-8(16)7(14)3-5/h1-4,16H,(H,15,17). The lowest BCUT2D eigenvalue weighted by Crippen LogP contribution is -2.11. The first-order chi connectivity index (χ1) is 8.47. The molecule has 0 unspecified atom stereocenters. The maximum Gasteiger partial charge on any atom is 0.257 e. The van der Waals surface area contributed by atoms with Crippen LogP contribution in [0.3, 0.4) is 0 Å². The molecule has 1 aromatic heterocycles. The molecule has 0 radical (unpaired) electrons. The van der Waals surface area contributed by atoms with Crippen molar-refractivity contribution in [1.29, 1.82) is 0 Å². The van der Waals surface area contributed by atoms with Gasteiger partial charge in [0, 0.05) is 5.69 Å². The molecule has 0 spiro atoms. The van der Waals surface area contributed by atoms with E-state index in [1.165, 1.54) is 23.5 Å². The molecule has 0 aliphatic rings. The normalized spacial score (nSPS) is 10.4. The third-order valence-corrected chi connectivity index (χ3v) is 4.75. The van der Waals surface area contributed by atoms with E-state index >= 15 is 0 Å². The fourth-order valence-corrected chi connectivity index (χ4v) is 4.25. The molecule has 3 nitrogen and oxygen atoms in total. The van der Waals surface area contributed by atoms with Crippen molar-refractivity contribution in [3.63, 3.8) is 0 Å². The largest absolute Gasteiger partial charge is 0.506 e. The molecule has 1 heterocycles. The van der Waals surface area contributed by atoms with E-state index in [0.717, 1.165) is 7.57 Å². The molecule has 0 fully saturated rings. The van der Waals surface area contributed by atoms with Gasteiger partial charge in [0.1, 0.15) is 5.75 Å². The molecular weight excluding hydrogens is 405 g/mol. The Kier molecular flexibility index (Phi) is 4.32. The van der Waals surface area contributed by atoms with Crippen molar-refractivity contribution < 1.29 is 9.90 Å². The zero-order chi connectivity index (χ0) is 13.3. The van der Waals surface area contributed by atoms with Crippen molar-refractivity contribution >= 4 is 66.4 Å². The van der Waals surface area contributed by atoms with Gasteiger partial charge >= 0.3 is 0 Å². The molecule has 0 atom stereocenters. The smallest absolute Gasteiger partial charge is 0.257 e. The van der Waals surface area contributed by atoms with Crippen molar-refractivity contribution in [3.8, 4) is 5.75 Å². The molecule has 0 bridgehead atoms. The second-order valence-electron chi connectivity index (χ2n) is 3.36.